The van der Waals surface area contributed by atoms with Crippen molar-refractivity contribution < 1.29 is 4.79 Å². The molecule has 3 nitrogen and oxygen atoms in total. The molecule has 1 aliphatic rings. The molecule has 2 aromatic rings. The van der Waals surface area contributed by atoms with E-state index in [0.29, 0.717) is 5.56 Å². The average molecular weight is 268 g/mol. The fraction of sp³-hybridized carbons (Fsp3) is 0.412. The van der Waals surface area contributed by atoms with Gasteiger partial charge in [-0.05, 0) is 36.5 Å². The molecule has 1 heterocycles. The van der Waals surface area contributed by atoms with Gasteiger partial charge >= 0.3 is 0 Å². The molecule has 1 aliphatic carbocycles. The largest absolute Gasteiger partial charge is 0.346 e. The molecule has 20 heavy (non-hydrogen) atoms. The van der Waals surface area contributed by atoms with Crippen LogP contribution in [0.4, 0.5) is 0 Å². The Morgan fingerprint density at radius 3 is 2.65 bits per heavy atom. The Balaban J connectivity index is 1.86. The van der Waals surface area contributed by atoms with Gasteiger partial charge in [0.05, 0.1) is 5.52 Å². The predicted molar refractivity (Wildman–Crippen MR) is 80.6 cm³/mol. The maximum atomic E-state index is 12.5. The van der Waals surface area contributed by atoms with Crippen LogP contribution in [0.2, 0.25) is 0 Å². The third-order valence-electron chi connectivity index (χ3n) is 4.41. The van der Waals surface area contributed by atoms with E-state index in [1.165, 1.54) is 0 Å². The SMILES string of the molecule is CC(C)(C)C1(NC(=O)c2ccc3cccnc3c2)CC1. The molecule has 1 fully saturated rings. The number of hydrogen-bond donors (Lipinski definition) is 1. The summed E-state index contributed by atoms with van der Waals surface area (Å²) in [6.45, 7) is 6.55. The summed E-state index contributed by atoms with van der Waals surface area (Å²) in [4.78, 5) is 16.8. The van der Waals surface area contributed by atoms with Gasteiger partial charge in [0.2, 0.25) is 0 Å². The van der Waals surface area contributed by atoms with Crippen molar-refractivity contribution in [3.63, 3.8) is 0 Å². The number of fused-ring (bicyclic) bond motifs is 1. The smallest absolute Gasteiger partial charge is 0.251 e. The molecule has 104 valence electrons. The van der Waals surface area contributed by atoms with Crippen LogP contribution in [-0.2, 0) is 0 Å². The maximum absolute atomic E-state index is 12.5. The molecule has 0 aliphatic heterocycles. The second-order valence-electron chi connectivity index (χ2n) is 6.70. The third kappa shape index (κ3) is 2.17. The minimum Gasteiger partial charge on any atom is -0.346 e. The standard InChI is InChI=1S/C17H20N2O/c1-16(2,3)17(8-9-17)19-15(20)13-7-6-12-5-4-10-18-14(12)11-13/h4-7,10-11H,8-9H2,1-3H3,(H,19,20). The maximum Gasteiger partial charge on any atom is 0.251 e. The van der Waals surface area contributed by atoms with Gasteiger partial charge in [0.25, 0.3) is 5.91 Å². The normalized spacial score (nSPS) is 16.9. The molecule has 3 rings (SSSR count). The minimum absolute atomic E-state index is 0.00461. The highest BCUT2D eigenvalue weighted by Gasteiger charge is 2.52. The first-order valence-electron chi connectivity index (χ1n) is 7.09. The Hall–Kier alpha value is -1.90. The molecule has 1 N–H and O–H groups in total. The summed E-state index contributed by atoms with van der Waals surface area (Å²) in [5.41, 5.74) is 1.61. The van der Waals surface area contributed by atoms with Crippen molar-refractivity contribution in [3.05, 3.63) is 42.1 Å². The van der Waals surface area contributed by atoms with Gasteiger partial charge in [-0.15, -0.1) is 0 Å². The summed E-state index contributed by atoms with van der Waals surface area (Å²) in [5.74, 6) is 0.00461. The lowest BCUT2D eigenvalue weighted by Crippen LogP contribution is -2.46. The monoisotopic (exact) mass is 268 g/mol. The Kier molecular flexibility index (Phi) is 2.82. The zero-order valence-corrected chi connectivity index (χ0v) is 12.2. The molecule has 0 spiro atoms. The van der Waals surface area contributed by atoms with Crippen molar-refractivity contribution in [3.8, 4) is 0 Å². The molecule has 0 atom stereocenters. The van der Waals surface area contributed by atoms with Crippen LogP contribution in [0, 0.1) is 5.41 Å². The molecule has 1 saturated carbocycles. The van der Waals surface area contributed by atoms with Gasteiger partial charge in [-0.2, -0.15) is 0 Å². The number of nitrogens with zero attached hydrogens (tertiary/aromatic N) is 1. The summed E-state index contributed by atoms with van der Waals surface area (Å²) in [6.07, 6.45) is 3.88. The second kappa shape index (κ2) is 4.30. The number of amides is 1. The van der Waals surface area contributed by atoms with Crippen molar-refractivity contribution in [2.75, 3.05) is 0 Å². The van der Waals surface area contributed by atoms with E-state index >= 15 is 0 Å². The molecular formula is C17H20N2O. The lowest BCUT2D eigenvalue weighted by Gasteiger charge is -2.31. The van der Waals surface area contributed by atoms with E-state index in [-0.39, 0.29) is 16.9 Å². The highest BCUT2D eigenvalue weighted by Crippen LogP contribution is 2.49. The third-order valence-corrected chi connectivity index (χ3v) is 4.41. The number of aromatic nitrogens is 1. The van der Waals surface area contributed by atoms with Gasteiger partial charge in [0.15, 0.2) is 0 Å². The van der Waals surface area contributed by atoms with E-state index in [2.05, 4.69) is 31.1 Å². The number of carbonyl (C=O) groups excluding carboxylic acids is 1. The molecule has 3 heteroatoms. The van der Waals surface area contributed by atoms with E-state index in [1.807, 2.05) is 30.3 Å². The highest BCUT2D eigenvalue weighted by atomic mass is 16.1. The first kappa shape index (κ1) is 13.1. The van der Waals surface area contributed by atoms with E-state index in [0.717, 1.165) is 23.7 Å². The molecule has 0 unspecified atom stereocenters. The van der Waals surface area contributed by atoms with Crippen LogP contribution in [0.5, 0.6) is 0 Å². The summed E-state index contributed by atoms with van der Waals surface area (Å²) >= 11 is 0. The number of benzene rings is 1. The Morgan fingerprint density at radius 1 is 1.25 bits per heavy atom. The molecular weight excluding hydrogens is 248 g/mol. The van der Waals surface area contributed by atoms with Crippen LogP contribution in [0.15, 0.2) is 36.5 Å². The summed E-state index contributed by atoms with van der Waals surface area (Å²) in [5, 5.41) is 4.28. The average Bonchev–Trinajstić information content (AvgIpc) is 3.18. The van der Waals surface area contributed by atoms with Crippen molar-refractivity contribution in [1.82, 2.24) is 10.3 Å². The van der Waals surface area contributed by atoms with Crippen molar-refractivity contribution >= 4 is 16.8 Å². The van der Waals surface area contributed by atoms with Gasteiger partial charge < -0.3 is 5.32 Å². The number of nitrogens with one attached hydrogen (secondary N) is 1. The minimum atomic E-state index is -0.0385. The molecule has 0 saturated heterocycles. The highest BCUT2D eigenvalue weighted by molar-refractivity contribution is 5.98. The van der Waals surface area contributed by atoms with E-state index < -0.39 is 0 Å². The summed E-state index contributed by atoms with van der Waals surface area (Å²) in [7, 11) is 0. The quantitative estimate of drug-likeness (QED) is 0.905. The zero-order valence-electron chi connectivity index (χ0n) is 12.2. The van der Waals surface area contributed by atoms with Gasteiger partial charge in [-0.3, -0.25) is 9.78 Å². The first-order chi connectivity index (χ1) is 9.41. The van der Waals surface area contributed by atoms with E-state index in [4.69, 9.17) is 0 Å². The lowest BCUT2D eigenvalue weighted by molar-refractivity contribution is 0.0888. The van der Waals surface area contributed by atoms with Gasteiger partial charge in [0, 0.05) is 22.7 Å². The van der Waals surface area contributed by atoms with Gasteiger partial charge in [-0.25, -0.2) is 0 Å². The zero-order chi connectivity index (χ0) is 14.4. The van der Waals surface area contributed by atoms with Crippen LogP contribution >= 0.6 is 0 Å². The molecule has 1 aromatic heterocycles. The fourth-order valence-electron chi connectivity index (χ4n) is 2.68. The first-order valence-corrected chi connectivity index (χ1v) is 7.09. The number of pyridine rings is 1. The molecule has 0 radical (unpaired) electrons. The van der Waals surface area contributed by atoms with Crippen molar-refractivity contribution in [2.45, 2.75) is 39.2 Å². The van der Waals surface area contributed by atoms with Crippen molar-refractivity contribution in [1.29, 1.82) is 0 Å². The van der Waals surface area contributed by atoms with E-state index in [9.17, 15) is 4.79 Å². The van der Waals surface area contributed by atoms with Crippen LogP contribution in [0.1, 0.15) is 44.0 Å². The summed E-state index contributed by atoms with van der Waals surface area (Å²) in [6, 6.07) is 9.60. The summed E-state index contributed by atoms with van der Waals surface area (Å²) < 4.78 is 0. The number of rotatable bonds is 2. The number of hydrogen-bond acceptors (Lipinski definition) is 2. The van der Waals surface area contributed by atoms with Gasteiger partial charge in [0.1, 0.15) is 0 Å². The Bertz CT molecular complexity index is 666. The van der Waals surface area contributed by atoms with Crippen molar-refractivity contribution in [2.24, 2.45) is 5.41 Å². The number of carbonyl (C=O) groups is 1. The van der Waals surface area contributed by atoms with Crippen LogP contribution < -0.4 is 5.32 Å². The van der Waals surface area contributed by atoms with Crippen LogP contribution in [0.25, 0.3) is 10.9 Å². The van der Waals surface area contributed by atoms with Gasteiger partial charge in [-0.1, -0.05) is 32.9 Å². The van der Waals surface area contributed by atoms with E-state index in [1.54, 1.807) is 6.20 Å². The molecule has 0 bridgehead atoms. The Morgan fingerprint density at radius 2 is 2.00 bits per heavy atom. The molecule has 1 aromatic carbocycles. The second-order valence-corrected chi connectivity index (χ2v) is 6.70. The Labute approximate surface area is 119 Å². The topological polar surface area (TPSA) is 42.0 Å². The molecule has 1 amide bonds. The fourth-order valence-corrected chi connectivity index (χ4v) is 2.68. The van der Waals surface area contributed by atoms with Crippen LogP contribution in [0.3, 0.4) is 0 Å². The lowest BCUT2D eigenvalue weighted by atomic mass is 9.84. The van der Waals surface area contributed by atoms with Crippen LogP contribution in [-0.4, -0.2) is 16.4 Å². The predicted octanol–water partition coefficient (Wildman–Crippen LogP) is 3.54.